The highest BCUT2D eigenvalue weighted by molar-refractivity contribution is 7.99. The summed E-state index contributed by atoms with van der Waals surface area (Å²) in [7, 11) is 0. The Morgan fingerprint density at radius 2 is 2.19 bits per heavy atom. The fourth-order valence-corrected chi connectivity index (χ4v) is 4.73. The van der Waals surface area contributed by atoms with Crippen LogP contribution in [-0.4, -0.2) is 29.8 Å². The Hall–Kier alpha value is 0.230. The van der Waals surface area contributed by atoms with E-state index in [0.717, 1.165) is 18.4 Å². The maximum absolute atomic E-state index is 6.06. The van der Waals surface area contributed by atoms with Crippen molar-refractivity contribution in [2.45, 2.75) is 43.7 Å². The summed E-state index contributed by atoms with van der Waals surface area (Å²) in [6.07, 6.45) is 6.40. The van der Waals surface area contributed by atoms with E-state index in [4.69, 9.17) is 10.6 Å². The van der Waals surface area contributed by atoms with Crippen molar-refractivity contribution < 1.29 is 4.74 Å². The maximum atomic E-state index is 6.06. The molecular formula is C12H22N2OS. The second kappa shape index (κ2) is 4.48. The first-order valence-electron chi connectivity index (χ1n) is 6.51. The Morgan fingerprint density at radius 3 is 2.81 bits per heavy atom. The van der Waals surface area contributed by atoms with Gasteiger partial charge in [-0.25, -0.2) is 0 Å². The minimum atomic E-state index is 0.206. The molecule has 0 aromatic heterocycles. The Kier molecular flexibility index (Phi) is 3.17. The van der Waals surface area contributed by atoms with Crippen molar-refractivity contribution >= 4 is 11.8 Å². The molecule has 3 fully saturated rings. The molecule has 2 heterocycles. The van der Waals surface area contributed by atoms with Crippen LogP contribution < -0.4 is 11.3 Å². The van der Waals surface area contributed by atoms with Crippen LogP contribution in [0.4, 0.5) is 0 Å². The molecule has 0 radical (unpaired) electrons. The van der Waals surface area contributed by atoms with Crippen LogP contribution in [0.25, 0.3) is 0 Å². The van der Waals surface area contributed by atoms with Crippen LogP contribution >= 0.6 is 11.8 Å². The lowest BCUT2D eigenvalue weighted by molar-refractivity contribution is -0.0863. The van der Waals surface area contributed by atoms with Gasteiger partial charge in [0, 0.05) is 18.4 Å². The third-order valence-corrected chi connectivity index (χ3v) is 5.65. The van der Waals surface area contributed by atoms with E-state index in [9.17, 15) is 0 Å². The molecule has 3 N–H and O–H groups in total. The molecule has 0 bridgehead atoms. The first-order chi connectivity index (χ1) is 7.83. The summed E-state index contributed by atoms with van der Waals surface area (Å²) in [6.45, 7) is 0.941. The van der Waals surface area contributed by atoms with Crippen LogP contribution in [0.1, 0.15) is 32.1 Å². The number of rotatable bonds is 3. The van der Waals surface area contributed by atoms with Gasteiger partial charge in [-0.3, -0.25) is 11.3 Å². The van der Waals surface area contributed by atoms with Crippen LogP contribution in [0.15, 0.2) is 0 Å². The highest BCUT2D eigenvalue weighted by Gasteiger charge is 2.45. The second-order valence-electron chi connectivity index (χ2n) is 5.62. The number of nitrogens with two attached hydrogens (primary N) is 1. The number of hydrazine groups is 1. The van der Waals surface area contributed by atoms with E-state index in [0.29, 0.717) is 6.04 Å². The Balaban J connectivity index is 1.66. The standard InChI is InChI=1S/C12H22N2OS/c13-14-11(9-1-2-9)10-3-5-15-12(7-10)4-6-16-8-12/h9-11,14H,1-8,13H2. The fraction of sp³-hybridized carbons (Fsp3) is 1.00. The lowest BCUT2D eigenvalue weighted by Crippen LogP contribution is -2.49. The first kappa shape index (κ1) is 11.3. The lowest BCUT2D eigenvalue weighted by atomic mass is 9.80. The molecule has 0 aromatic carbocycles. The quantitative estimate of drug-likeness (QED) is 0.582. The normalized spacial score (nSPS) is 41.4. The van der Waals surface area contributed by atoms with Crippen molar-refractivity contribution in [1.29, 1.82) is 0 Å². The van der Waals surface area contributed by atoms with Crippen LogP contribution in [0, 0.1) is 11.8 Å². The molecule has 16 heavy (non-hydrogen) atoms. The predicted octanol–water partition coefficient (Wildman–Crippen LogP) is 1.53. The average Bonchev–Trinajstić information content (AvgIpc) is 3.03. The van der Waals surface area contributed by atoms with Gasteiger partial charge >= 0.3 is 0 Å². The summed E-state index contributed by atoms with van der Waals surface area (Å²) >= 11 is 2.05. The largest absolute Gasteiger partial charge is 0.374 e. The minimum Gasteiger partial charge on any atom is -0.374 e. The zero-order chi connectivity index (χ0) is 11.0. The molecule has 1 aliphatic carbocycles. The van der Waals surface area contributed by atoms with Gasteiger partial charge < -0.3 is 4.74 Å². The topological polar surface area (TPSA) is 47.3 Å². The molecule has 0 amide bonds. The van der Waals surface area contributed by atoms with Crippen molar-refractivity contribution in [2.24, 2.45) is 17.7 Å². The molecule has 0 aromatic rings. The van der Waals surface area contributed by atoms with Crippen molar-refractivity contribution in [1.82, 2.24) is 5.43 Å². The summed E-state index contributed by atoms with van der Waals surface area (Å²) in [6, 6.07) is 0.548. The van der Waals surface area contributed by atoms with Gasteiger partial charge in [-0.15, -0.1) is 0 Å². The van der Waals surface area contributed by atoms with Gasteiger partial charge in [0.1, 0.15) is 0 Å². The fourth-order valence-electron chi connectivity index (χ4n) is 3.35. The molecule has 1 spiro atoms. The van der Waals surface area contributed by atoms with Crippen LogP contribution in [0.2, 0.25) is 0 Å². The zero-order valence-electron chi connectivity index (χ0n) is 9.78. The Labute approximate surface area is 102 Å². The smallest absolute Gasteiger partial charge is 0.0783 e. The highest BCUT2D eigenvalue weighted by Crippen LogP contribution is 2.45. The van der Waals surface area contributed by atoms with Gasteiger partial charge in [0.05, 0.1) is 5.60 Å². The first-order valence-corrected chi connectivity index (χ1v) is 7.66. The zero-order valence-corrected chi connectivity index (χ0v) is 10.6. The number of ether oxygens (including phenoxy) is 1. The molecule has 3 rings (SSSR count). The van der Waals surface area contributed by atoms with Gasteiger partial charge in [0.15, 0.2) is 0 Å². The van der Waals surface area contributed by atoms with Crippen molar-refractivity contribution in [3.05, 3.63) is 0 Å². The third kappa shape index (κ3) is 2.13. The summed E-state index contributed by atoms with van der Waals surface area (Å²) in [5.41, 5.74) is 3.28. The molecule has 2 saturated heterocycles. The van der Waals surface area contributed by atoms with E-state index in [1.165, 1.54) is 43.6 Å². The van der Waals surface area contributed by atoms with E-state index in [2.05, 4.69) is 5.43 Å². The lowest BCUT2D eigenvalue weighted by Gasteiger charge is -2.40. The highest BCUT2D eigenvalue weighted by atomic mass is 32.2. The van der Waals surface area contributed by atoms with Gasteiger partial charge in [-0.05, 0) is 49.7 Å². The van der Waals surface area contributed by atoms with E-state index in [-0.39, 0.29) is 5.60 Å². The molecule has 3 aliphatic rings. The molecular weight excluding hydrogens is 220 g/mol. The SMILES string of the molecule is NNC(C1CC1)C1CCOC2(CCSC2)C1. The number of hydrogen-bond donors (Lipinski definition) is 2. The molecule has 4 heteroatoms. The predicted molar refractivity (Wildman–Crippen MR) is 67.2 cm³/mol. The average molecular weight is 242 g/mol. The summed E-state index contributed by atoms with van der Waals surface area (Å²) in [5.74, 6) is 9.80. The molecule has 3 nitrogen and oxygen atoms in total. The Bertz CT molecular complexity index is 251. The Morgan fingerprint density at radius 1 is 1.31 bits per heavy atom. The van der Waals surface area contributed by atoms with E-state index in [1.54, 1.807) is 0 Å². The summed E-state index contributed by atoms with van der Waals surface area (Å²) < 4.78 is 6.06. The van der Waals surface area contributed by atoms with Crippen LogP contribution in [0.3, 0.4) is 0 Å². The molecule has 92 valence electrons. The van der Waals surface area contributed by atoms with E-state index >= 15 is 0 Å². The van der Waals surface area contributed by atoms with Crippen molar-refractivity contribution in [2.75, 3.05) is 18.1 Å². The van der Waals surface area contributed by atoms with Gasteiger partial charge in [0.25, 0.3) is 0 Å². The molecule has 1 saturated carbocycles. The van der Waals surface area contributed by atoms with Gasteiger partial charge in [-0.2, -0.15) is 11.8 Å². The van der Waals surface area contributed by atoms with Crippen LogP contribution in [0.5, 0.6) is 0 Å². The maximum Gasteiger partial charge on any atom is 0.0783 e. The van der Waals surface area contributed by atoms with Crippen molar-refractivity contribution in [3.63, 3.8) is 0 Å². The van der Waals surface area contributed by atoms with Crippen LogP contribution in [-0.2, 0) is 4.74 Å². The number of hydrogen-bond acceptors (Lipinski definition) is 4. The van der Waals surface area contributed by atoms with Gasteiger partial charge in [-0.1, -0.05) is 0 Å². The molecule has 3 unspecified atom stereocenters. The summed E-state index contributed by atoms with van der Waals surface area (Å²) in [4.78, 5) is 0. The third-order valence-electron chi connectivity index (χ3n) is 4.43. The van der Waals surface area contributed by atoms with E-state index < -0.39 is 0 Å². The monoisotopic (exact) mass is 242 g/mol. The summed E-state index contributed by atoms with van der Waals surface area (Å²) in [5, 5.41) is 0. The number of thioether (sulfide) groups is 1. The molecule has 2 aliphatic heterocycles. The molecule has 3 atom stereocenters. The van der Waals surface area contributed by atoms with Crippen molar-refractivity contribution in [3.8, 4) is 0 Å². The second-order valence-corrected chi connectivity index (χ2v) is 6.72. The minimum absolute atomic E-state index is 0.206. The van der Waals surface area contributed by atoms with Gasteiger partial charge in [0.2, 0.25) is 0 Å². The number of nitrogens with one attached hydrogen (secondary N) is 1. The van der Waals surface area contributed by atoms with E-state index in [1.807, 2.05) is 11.8 Å².